The van der Waals surface area contributed by atoms with Crippen molar-refractivity contribution in [1.29, 1.82) is 0 Å². The number of anilines is 1. The monoisotopic (exact) mass is 313 g/mol. The third kappa shape index (κ3) is 3.33. The van der Waals surface area contributed by atoms with E-state index < -0.39 is 0 Å². The number of hydrogen-bond acceptors (Lipinski definition) is 4. The molecule has 3 rings (SSSR count). The van der Waals surface area contributed by atoms with Gasteiger partial charge < -0.3 is 10.0 Å². The number of para-hydroxylation sites is 1. The third-order valence-corrected chi connectivity index (χ3v) is 4.96. The fraction of sp³-hybridized carbons (Fsp3) is 0.526. The average Bonchev–Trinajstić information content (AvgIpc) is 2.62. The van der Waals surface area contributed by atoms with Crippen molar-refractivity contribution in [2.75, 3.05) is 37.7 Å². The van der Waals surface area contributed by atoms with Gasteiger partial charge in [-0.2, -0.15) is 0 Å². The topological polar surface area (TPSA) is 39.6 Å². The fourth-order valence-electron chi connectivity index (χ4n) is 3.48. The van der Waals surface area contributed by atoms with Crippen molar-refractivity contribution in [3.05, 3.63) is 36.0 Å². The smallest absolute Gasteiger partial charge is 0.0726 e. The van der Waals surface area contributed by atoms with Crippen LogP contribution in [0.25, 0.3) is 10.9 Å². The second-order valence-corrected chi connectivity index (χ2v) is 6.27. The fourth-order valence-corrected chi connectivity index (χ4v) is 3.48. The molecule has 1 unspecified atom stereocenters. The van der Waals surface area contributed by atoms with Gasteiger partial charge in [0.15, 0.2) is 0 Å². The van der Waals surface area contributed by atoms with E-state index in [-0.39, 0.29) is 6.61 Å². The Balaban J connectivity index is 1.84. The molecule has 0 bridgehead atoms. The molecular weight excluding hydrogens is 286 g/mol. The normalized spacial score (nSPS) is 17.6. The summed E-state index contributed by atoms with van der Waals surface area (Å²) in [6.07, 6.45) is 1.97. The summed E-state index contributed by atoms with van der Waals surface area (Å²) in [6, 6.07) is 11.0. The first-order chi connectivity index (χ1) is 11.3. The van der Waals surface area contributed by atoms with Crippen molar-refractivity contribution in [1.82, 2.24) is 9.88 Å². The second kappa shape index (κ2) is 7.28. The number of piperazine rings is 1. The van der Waals surface area contributed by atoms with Crippen LogP contribution in [0.5, 0.6) is 0 Å². The molecule has 1 aromatic heterocycles. The van der Waals surface area contributed by atoms with Crippen LogP contribution in [0.1, 0.15) is 26.0 Å². The van der Waals surface area contributed by atoms with E-state index >= 15 is 0 Å². The molecule has 1 saturated heterocycles. The van der Waals surface area contributed by atoms with E-state index in [0.717, 1.165) is 50.2 Å². The first-order valence-corrected chi connectivity index (χ1v) is 8.75. The zero-order valence-electron chi connectivity index (χ0n) is 14.2. The van der Waals surface area contributed by atoms with E-state index in [1.807, 2.05) is 0 Å². The van der Waals surface area contributed by atoms with Crippen LogP contribution in [0.3, 0.4) is 0 Å². The van der Waals surface area contributed by atoms with Crippen LogP contribution < -0.4 is 4.90 Å². The largest absolute Gasteiger partial charge is 0.395 e. The first kappa shape index (κ1) is 16.2. The summed E-state index contributed by atoms with van der Waals surface area (Å²) in [5.74, 6) is 0. The van der Waals surface area contributed by atoms with Crippen LogP contribution in [-0.2, 0) is 6.42 Å². The molecule has 2 heterocycles. The molecule has 4 heteroatoms. The van der Waals surface area contributed by atoms with Gasteiger partial charge in [0.1, 0.15) is 0 Å². The van der Waals surface area contributed by atoms with Crippen LogP contribution in [0.4, 0.5) is 5.69 Å². The van der Waals surface area contributed by atoms with Gasteiger partial charge in [0, 0.05) is 49.0 Å². The van der Waals surface area contributed by atoms with Crippen molar-refractivity contribution in [2.24, 2.45) is 0 Å². The number of nitrogens with zero attached hydrogens (tertiary/aromatic N) is 3. The molecule has 0 saturated carbocycles. The number of aliphatic hydroxyl groups is 1. The Hall–Kier alpha value is -1.65. The summed E-state index contributed by atoms with van der Waals surface area (Å²) in [6.45, 7) is 8.60. The van der Waals surface area contributed by atoms with Crippen LogP contribution in [0, 0.1) is 0 Å². The summed E-state index contributed by atoms with van der Waals surface area (Å²) in [5, 5.41) is 10.8. The second-order valence-electron chi connectivity index (χ2n) is 6.27. The standard InChI is InChI=1S/C19H27N3O/c1-3-15-13-19(17-7-5-6-8-18(17)20-15)22-11-9-21(10-12-22)16(4-2)14-23/h5-8,13,16,23H,3-4,9-12,14H2,1-2H3. The molecule has 1 atom stereocenters. The van der Waals surface area contributed by atoms with Gasteiger partial charge in [-0.15, -0.1) is 0 Å². The van der Waals surface area contributed by atoms with Gasteiger partial charge in [-0.3, -0.25) is 9.88 Å². The Morgan fingerprint density at radius 3 is 2.52 bits per heavy atom. The lowest BCUT2D eigenvalue weighted by atomic mass is 10.1. The van der Waals surface area contributed by atoms with Crippen molar-refractivity contribution >= 4 is 16.6 Å². The lowest BCUT2D eigenvalue weighted by Crippen LogP contribution is -2.51. The Morgan fingerprint density at radius 1 is 1.13 bits per heavy atom. The van der Waals surface area contributed by atoms with Gasteiger partial charge >= 0.3 is 0 Å². The number of hydrogen-bond donors (Lipinski definition) is 1. The predicted molar refractivity (Wildman–Crippen MR) is 96.1 cm³/mol. The predicted octanol–water partition coefficient (Wildman–Crippen LogP) is 2.69. The maximum absolute atomic E-state index is 9.51. The highest BCUT2D eigenvalue weighted by Gasteiger charge is 2.23. The van der Waals surface area contributed by atoms with Crippen LogP contribution in [0.15, 0.2) is 30.3 Å². The number of benzene rings is 1. The minimum atomic E-state index is 0.259. The molecule has 1 aliphatic heterocycles. The number of pyridine rings is 1. The van der Waals surface area contributed by atoms with E-state index in [9.17, 15) is 5.11 Å². The SMILES string of the molecule is CCc1cc(N2CCN(C(CC)CO)CC2)c2ccccc2n1. The molecule has 23 heavy (non-hydrogen) atoms. The third-order valence-electron chi connectivity index (χ3n) is 4.96. The molecule has 0 aliphatic carbocycles. The van der Waals surface area contributed by atoms with Crippen molar-refractivity contribution in [3.8, 4) is 0 Å². The average molecular weight is 313 g/mol. The number of aryl methyl sites for hydroxylation is 1. The summed E-state index contributed by atoms with van der Waals surface area (Å²) < 4.78 is 0. The van der Waals surface area contributed by atoms with Crippen LogP contribution in [0.2, 0.25) is 0 Å². The summed E-state index contributed by atoms with van der Waals surface area (Å²) in [5.41, 5.74) is 3.55. The minimum absolute atomic E-state index is 0.259. The van der Waals surface area contributed by atoms with E-state index in [1.165, 1.54) is 11.1 Å². The summed E-state index contributed by atoms with van der Waals surface area (Å²) >= 11 is 0. The molecular formula is C19H27N3O. The van der Waals surface area contributed by atoms with Crippen molar-refractivity contribution < 1.29 is 5.11 Å². The molecule has 0 spiro atoms. The summed E-state index contributed by atoms with van der Waals surface area (Å²) in [4.78, 5) is 9.64. The number of aromatic nitrogens is 1. The Morgan fingerprint density at radius 2 is 1.87 bits per heavy atom. The molecule has 4 nitrogen and oxygen atoms in total. The molecule has 0 radical (unpaired) electrons. The van der Waals surface area contributed by atoms with Crippen LogP contribution in [-0.4, -0.2) is 53.8 Å². The molecule has 1 fully saturated rings. The molecule has 2 aromatic rings. The van der Waals surface area contributed by atoms with E-state index in [2.05, 4.69) is 54.0 Å². The highest BCUT2D eigenvalue weighted by molar-refractivity contribution is 5.92. The first-order valence-electron chi connectivity index (χ1n) is 8.75. The summed E-state index contributed by atoms with van der Waals surface area (Å²) in [7, 11) is 0. The molecule has 0 amide bonds. The minimum Gasteiger partial charge on any atom is -0.395 e. The van der Waals surface area contributed by atoms with Gasteiger partial charge in [-0.05, 0) is 25.0 Å². The Bertz CT molecular complexity index is 646. The van der Waals surface area contributed by atoms with E-state index in [4.69, 9.17) is 4.98 Å². The van der Waals surface area contributed by atoms with Gasteiger partial charge in [0.05, 0.1) is 12.1 Å². The lowest BCUT2D eigenvalue weighted by molar-refractivity contribution is 0.114. The maximum Gasteiger partial charge on any atom is 0.0726 e. The number of fused-ring (bicyclic) bond motifs is 1. The number of aliphatic hydroxyl groups excluding tert-OH is 1. The van der Waals surface area contributed by atoms with E-state index in [0.29, 0.717) is 6.04 Å². The van der Waals surface area contributed by atoms with Gasteiger partial charge in [0.25, 0.3) is 0 Å². The van der Waals surface area contributed by atoms with E-state index in [1.54, 1.807) is 0 Å². The van der Waals surface area contributed by atoms with Gasteiger partial charge in [-0.25, -0.2) is 0 Å². The highest BCUT2D eigenvalue weighted by Crippen LogP contribution is 2.28. The Labute approximate surface area is 138 Å². The molecule has 1 aromatic carbocycles. The van der Waals surface area contributed by atoms with Crippen molar-refractivity contribution in [2.45, 2.75) is 32.7 Å². The molecule has 1 N–H and O–H groups in total. The molecule has 124 valence electrons. The highest BCUT2D eigenvalue weighted by atomic mass is 16.3. The zero-order valence-corrected chi connectivity index (χ0v) is 14.2. The van der Waals surface area contributed by atoms with Crippen molar-refractivity contribution in [3.63, 3.8) is 0 Å². The van der Waals surface area contributed by atoms with Crippen LogP contribution >= 0.6 is 0 Å². The Kier molecular flexibility index (Phi) is 5.13. The molecule has 1 aliphatic rings. The van der Waals surface area contributed by atoms with Gasteiger partial charge in [0.2, 0.25) is 0 Å². The quantitative estimate of drug-likeness (QED) is 0.921. The number of rotatable bonds is 5. The zero-order chi connectivity index (χ0) is 16.2. The lowest BCUT2D eigenvalue weighted by Gasteiger charge is -2.39. The maximum atomic E-state index is 9.51. The van der Waals surface area contributed by atoms with Gasteiger partial charge in [-0.1, -0.05) is 32.0 Å².